The van der Waals surface area contributed by atoms with Gasteiger partial charge >= 0.3 is 5.51 Å². The van der Waals surface area contributed by atoms with Crippen molar-refractivity contribution in [3.05, 3.63) is 0 Å². The molecule has 1 rings (SSSR count). The van der Waals surface area contributed by atoms with Gasteiger partial charge in [0.25, 0.3) is 0 Å². The Hall–Kier alpha value is -0.140. The summed E-state index contributed by atoms with van der Waals surface area (Å²) in [6.07, 6.45) is 2.10. The van der Waals surface area contributed by atoms with Gasteiger partial charge in [-0.2, -0.15) is 13.2 Å². The van der Waals surface area contributed by atoms with Gasteiger partial charge in [-0.3, -0.25) is 4.79 Å². The number of hydrogen-bond acceptors (Lipinski definition) is 3. The fraction of sp³-hybridized carbons (Fsp3) is 0.875. The van der Waals surface area contributed by atoms with Crippen molar-refractivity contribution in [3.63, 3.8) is 0 Å². The van der Waals surface area contributed by atoms with Crippen LogP contribution >= 0.6 is 24.2 Å². The van der Waals surface area contributed by atoms with Crippen molar-refractivity contribution in [3.8, 4) is 0 Å². The van der Waals surface area contributed by atoms with E-state index in [-0.39, 0.29) is 36.8 Å². The Balaban J connectivity index is 0.00000225. The van der Waals surface area contributed by atoms with E-state index in [2.05, 4.69) is 5.32 Å². The lowest BCUT2D eigenvalue weighted by molar-refractivity contribution is -0.118. The molecule has 1 atom stereocenters. The quantitative estimate of drug-likeness (QED) is 0.802. The van der Waals surface area contributed by atoms with Gasteiger partial charge in [-0.15, -0.1) is 12.4 Å². The second-order valence-corrected chi connectivity index (χ2v) is 4.58. The van der Waals surface area contributed by atoms with Crippen molar-refractivity contribution in [2.24, 2.45) is 11.7 Å². The zero-order valence-electron chi connectivity index (χ0n) is 8.42. The minimum atomic E-state index is -4.35. The lowest BCUT2D eigenvalue weighted by atomic mass is 10.2. The Morgan fingerprint density at radius 3 is 2.50 bits per heavy atom. The summed E-state index contributed by atoms with van der Waals surface area (Å²) in [7, 11) is 0. The van der Waals surface area contributed by atoms with Crippen LogP contribution in [0.4, 0.5) is 13.2 Å². The van der Waals surface area contributed by atoms with Crippen LogP contribution in [0.25, 0.3) is 0 Å². The topological polar surface area (TPSA) is 55.1 Å². The van der Waals surface area contributed by atoms with Crippen LogP contribution in [0.15, 0.2) is 0 Å². The molecule has 16 heavy (non-hydrogen) atoms. The second-order valence-electron chi connectivity index (χ2n) is 3.54. The van der Waals surface area contributed by atoms with Gasteiger partial charge in [-0.05, 0) is 30.5 Å². The lowest BCUT2D eigenvalue weighted by Gasteiger charge is -2.11. The van der Waals surface area contributed by atoms with E-state index in [1.165, 1.54) is 0 Å². The van der Waals surface area contributed by atoms with Crippen LogP contribution in [0, 0.1) is 5.92 Å². The minimum absolute atomic E-state index is 0. The summed E-state index contributed by atoms with van der Waals surface area (Å²) < 4.78 is 35.1. The van der Waals surface area contributed by atoms with Crippen LogP contribution in [-0.4, -0.2) is 29.8 Å². The average molecular weight is 279 g/mol. The molecule has 1 aliphatic rings. The van der Waals surface area contributed by atoms with Gasteiger partial charge < -0.3 is 11.1 Å². The first kappa shape index (κ1) is 15.9. The number of alkyl halides is 3. The van der Waals surface area contributed by atoms with E-state index in [4.69, 9.17) is 5.73 Å². The summed E-state index contributed by atoms with van der Waals surface area (Å²) in [5.41, 5.74) is 1.31. The molecule has 0 aliphatic heterocycles. The molecule has 0 aromatic carbocycles. The highest BCUT2D eigenvalue weighted by atomic mass is 35.5. The van der Waals surface area contributed by atoms with E-state index in [1.54, 1.807) is 0 Å². The highest BCUT2D eigenvalue weighted by molar-refractivity contribution is 8.00. The number of hydrogen-bond donors (Lipinski definition) is 2. The molecule has 1 amide bonds. The molecule has 8 heteroatoms. The van der Waals surface area contributed by atoms with Crippen LogP contribution in [0.2, 0.25) is 0 Å². The molecule has 1 unspecified atom stereocenters. The van der Waals surface area contributed by atoms with Crippen molar-refractivity contribution >= 4 is 30.1 Å². The van der Waals surface area contributed by atoms with Crippen molar-refractivity contribution < 1.29 is 18.0 Å². The van der Waals surface area contributed by atoms with Gasteiger partial charge in [0.2, 0.25) is 5.91 Å². The average Bonchev–Trinajstić information content (AvgIpc) is 2.92. The molecule has 1 aliphatic carbocycles. The summed E-state index contributed by atoms with van der Waals surface area (Å²) in [4.78, 5) is 10.9. The predicted molar refractivity (Wildman–Crippen MR) is 59.5 cm³/mol. The Morgan fingerprint density at radius 1 is 1.50 bits per heavy atom. The number of thioether (sulfide) groups is 1. The van der Waals surface area contributed by atoms with Gasteiger partial charge in [0, 0.05) is 12.6 Å². The monoisotopic (exact) mass is 278 g/mol. The molecule has 0 spiro atoms. The Kier molecular flexibility index (Phi) is 6.50. The highest BCUT2D eigenvalue weighted by Gasteiger charge is 2.30. The number of nitrogens with one attached hydrogen (secondary N) is 1. The first-order chi connectivity index (χ1) is 6.88. The standard InChI is InChI=1S/C8H13F3N2OS.ClH/c9-8(10,11)15-4-7(14)13-3-6(12)5-1-2-5;/h5-6H,1-4,12H2,(H,13,14);1H. The van der Waals surface area contributed by atoms with Crippen LogP contribution in [0.1, 0.15) is 12.8 Å². The van der Waals surface area contributed by atoms with Crippen LogP contribution in [0.3, 0.4) is 0 Å². The molecule has 0 aromatic heterocycles. The minimum Gasteiger partial charge on any atom is -0.354 e. The second kappa shape index (κ2) is 6.56. The number of nitrogens with two attached hydrogens (primary N) is 1. The number of carbonyl (C=O) groups excluding carboxylic acids is 1. The van der Waals surface area contributed by atoms with Gasteiger partial charge in [-0.25, -0.2) is 0 Å². The molecule has 0 bridgehead atoms. The maximum absolute atomic E-state index is 11.7. The molecule has 1 fully saturated rings. The van der Waals surface area contributed by atoms with Gasteiger partial charge in [-0.1, -0.05) is 0 Å². The summed E-state index contributed by atoms with van der Waals surface area (Å²) in [6, 6.07) is -0.121. The van der Waals surface area contributed by atoms with Crippen LogP contribution in [0.5, 0.6) is 0 Å². The molecule has 3 nitrogen and oxygen atoms in total. The van der Waals surface area contributed by atoms with E-state index in [1.807, 2.05) is 0 Å². The Bertz CT molecular complexity index is 236. The summed E-state index contributed by atoms with van der Waals surface area (Å²) in [5.74, 6) is -0.782. The zero-order chi connectivity index (χ0) is 11.5. The van der Waals surface area contributed by atoms with E-state index < -0.39 is 17.2 Å². The first-order valence-electron chi connectivity index (χ1n) is 4.61. The molecule has 0 saturated heterocycles. The lowest BCUT2D eigenvalue weighted by Crippen LogP contribution is -2.39. The van der Waals surface area contributed by atoms with Gasteiger partial charge in [0.1, 0.15) is 0 Å². The molecule has 96 valence electrons. The van der Waals surface area contributed by atoms with E-state index >= 15 is 0 Å². The Morgan fingerprint density at radius 2 is 2.06 bits per heavy atom. The van der Waals surface area contributed by atoms with Crippen molar-refractivity contribution in [2.45, 2.75) is 24.4 Å². The molecule has 1 saturated carbocycles. The molecule has 0 radical (unpaired) electrons. The SMILES string of the molecule is Cl.NC(CNC(=O)CSC(F)(F)F)C1CC1. The van der Waals surface area contributed by atoms with Gasteiger partial charge in [0.05, 0.1) is 5.75 Å². The highest BCUT2D eigenvalue weighted by Crippen LogP contribution is 2.31. The molecular formula is C8H14ClF3N2OS. The van der Waals surface area contributed by atoms with Gasteiger partial charge in [0.15, 0.2) is 0 Å². The zero-order valence-corrected chi connectivity index (χ0v) is 10.1. The van der Waals surface area contributed by atoms with Crippen molar-refractivity contribution in [1.29, 1.82) is 0 Å². The smallest absolute Gasteiger partial charge is 0.354 e. The normalized spacial score (nSPS) is 17.5. The van der Waals surface area contributed by atoms with E-state index in [0.29, 0.717) is 5.92 Å². The third-order valence-electron chi connectivity index (χ3n) is 2.13. The Labute approximate surface area is 102 Å². The van der Waals surface area contributed by atoms with Crippen molar-refractivity contribution in [1.82, 2.24) is 5.32 Å². The fourth-order valence-electron chi connectivity index (χ4n) is 1.12. The molecule has 0 heterocycles. The summed E-state index contributed by atoms with van der Waals surface area (Å²) in [5, 5.41) is 2.39. The summed E-state index contributed by atoms with van der Waals surface area (Å²) in [6.45, 7) is 0.266. The molecule has 0 aromatic rings. The third-order valence-corrected chi connectivity index (χ3v) is 2.86. The van der Waals surface area contributed by atoms with E-state index in [0.717, 1.165) is 12.8 Å². The molecular weight excluding hydrogens is 265 g/mol. The maximum atomic E-state index is 11.7. The fourth-order valence-corrected chi connectivity index (χ4v) is 1.52. The number of amides is 1. The molecule has 3 N–H and O–H groups in total. The number of carbonyl (C=O) groups is 1. The maximum Gasteiger partial charge on any atom is 0.442 e. The number of rotatable bonds is 5. The van der Waals surface area contributed by atoms with Crippen LogP contribution in [-0.2, 0) is 4.79 Å². The largest absolute Gasteiger partial charge is 0.442 e. The van der Waals surface area contributed by atoms with Crippen LogP contribution < -0.4 is 11.1 Å². The predicted octanol–water partition coefficient (Wildman–Crippen LogP) is 1.51. The van der Waals surface area contributed by atoms with E-state index in [9.17, 15) is 18.0 Å². The van der Waals surface area contributed by atoms with Crippen molar-refractivity contribution in [2.75, 3.05) is 12.3 Å². The summed E-state index contributed by atoms with van der Waals surface area (Å²) >= 11 is -0.335. The third kappa shape index (κ3) is 7.19. The first-order valence-corrected chi connectivity index (χ1v) is 5.60. The number of halogens is 4.